The third kappa shape index (κ3) is 4.36. The Hall–Kier alpha value is -0.960. The molecule has 6 nitrogen and oxygen atoms in total. The lowest BCUT2D eigenvalue weighted by molar-refractivity contribution is 0.293. The minimum Gasteiger partial charge on any atom is -0.308 e. The summed E-state index contributed by atoms with van der Waals surface area (Å²) >= 11 is 0. The summed E-state index contributed by atoms with van der Waals surface area (Å²) in [4.78, 5) is 2.17. The highest BCUT2D eigenvalue weighted by Gasteiger charge is 2.39. The number of aryl methyl sites for hydroxylation is 2. The van der Waals surface area contributed by atoms with Crippen molar-refractivity contribution in [3.63, 3.8) is 0 Å². The molecule has 0 unspecified atom stereocenters. The molecule has 0 radical (unpaired) electrons. The molecule has 0 saturated carbocycles. The van der Waals surface area contributed by atoms with Crippen LogP contribution in [0.2, 0.25) is 0 Å². The van der Waals surface area contributed by atoms with E-state index in [1.165, 1.54) is 4.31 Å². The Morgan fingerprint density at radius 1 is 1.17 bits per heavy atom. The van der Waals surface area contributed by atoms with Crippen LogP contribution in [0.4, 0.5) is 0 Å². The average Bonchev–Trinajstić information content (AvgIpc) is 2.81. The first-order chi connectivity index (χ1) is 11.0. The zero-order valence-electron chi connectivity index (χ0n) is 14.7. The Bertz CT molecular complexity index is 801. The first kappa shape index (κ1) is 19.4. The summed E-state index contributed by atoms with van der Waals surface area (Å²) in [5.41, 5.74) is 1.54. The highest BCUT2D eigenvalue weighted by Crippen LogP contribution is 2.27. The van der Waals surface area contributed by atoms with Crippen molar-refractivity contribution in [1.29, 1.82) is 0 Å². The van der Waals surface area contributed by atoms with Crippen molar-refractivity contribution in [3.05, 3.63) is 29.3 Å². The fourth-order valence-electron chi connectivity index (χ4n) is 2.91. The Morgan fingerprint density at radius 3 is 2.38 bits per heavy atom. The van der Waals surface area contributed by atoms with Crippen molar-refractivity contribution in [2.24, 2.45) is 0 Å². The zero-order chi connectivity index (χ0) is 18.1. The summed E-state index contributed by atoms with van der Waals surface area (Å²) in [5, 5.41) is 0. The van der Waals surface area contributed by atoms with Crippen LogP contribution in [0.3, 0.4) is 0 Å². The van der Waals surface area contributed by atoms with Gasteiger partial charge in [0.1, 0.15) is 0 Å². The molecule has 1 aliphatic rings. The van der Waals surface area contributed by atoms with Crippen molar-refractivity contribution in [2.45, 2.75) is 31.2 Å². The molecule has 1 saturated heterocycles. The molecule has 0 bridgehead atoms. The predicted molar refractivity (Wildman–Crippen MR) is 95.4 cm³/mol. The zero-order valence-corrected chi connectivity index (χ0v) is 16.3. The first-order valence-electron chi connectivity index (χ1n) is 7.97. The lowest BCUT2D eigenvalue weighted by Gasteiger charge is -2.29. The molecule has 0 aliphatic carbocycles. The van der Waals surface area contributed by atoms with Gasteiger partial charge >= 0.3 is 0 Å². The van der Waals surface area contributed by atoms with Crippen molar-refractivity contribution >= 4 is 19.9 Å². The topological polar surface area (TPSA) is 74.8 Å². The van der Waals surface area contributed by atoms with E-state index in [1.54, 1.807) is 19.1 Å². The number of likely N-dealkylation sites (N-methyl/N-ethyl adjacent to an activating group) is 1. The summed E-state index contributed by atoms with van der Waals surface area (Å²) in [6.45, 7) is 4.44. The molecule has 2 rings (SSSR count). The van der Waals surface area contributed by atoms with Crippen molar-refractivity contribution < 1.29 is 16.8 Å². The largest absolute Gasteiger partial charge is 0.308 e. The molecule has 1 atom stereocenters. The number of nitrogens with zero attached hydrogens (tertiary/aromatic N) is 2. The second-order valence-corrected chi connectivity index (χ2v) is 10.8. The average molecular weight is 375 g/mol. The standard InChI is InChI=1S/C16H26N2O4S2/c1-13-5-6-14(2)16(11-13)24(21,22)18(9-8-17(3)4)15-7-10-23(19,20)12-15/h5-6,11,15H,7-10,12H2,1-4H3/t15-/m0/s1. The van der Waals surface area contributed by atoms with Gasteiger partial charge in [0.05, 0.1) is 16.4 Å². The lowest BCUT2D eigenvalue weighted by Crippen LogP contribution is -2.44. The van der Waals surface area contributed by atoms with E-state index in [9.17, 15) is 16.8 Å². The molecule has 0 spiro atoms. The summed E-state index contributed by atoms with van der Waals surface area (Å²) in [6, 6.07) is 4.84. The summed E-state index contributed by atoms with van der Waals surface area (Å²) in [6.07, 6.45) is 0.361. The van der Waals surface area contributed by atoms with E-state index in [1.807, 2.05) is 32.0 Å². The van der Waals surface area contributed by atoms with Crippen LogP contribution < -0.4 is 0 Å². The molecule has 1 aliphatic heterocycles. The van der Waals surface area contributed by atoms with Crippen LogP contribution in [0.1, 0.15) is 17.5 Å². The van der Waals surface area contributed by atoms with Crippen LogP contribution in [0, 0.1) is 13.8 Å². The maximum absolute atomic E-state index is 13.2. The molecule has 1 aromatic carbocycles. The molecule has 0 aromatic heterocycles. The third-order valence-electron chi connectivity index (χ3n) is 4.31. The number of rotatable bonds is 6. The van der Waals surface area contributed by atoms with Gasteiger partial charge in [-0.1, -0.05) is 12.1 Å². The second-order valence-electron chi connectivity index (χ2n) is 6.74. The second kappa shape index (κ2) is 7.11. The van der Waals surface area contributed by atoms with E-state index in [0.717, 1.165) is 5.56 Å². The number of hydrogen-bond acceptors (Lipinski definition) is 5. The number of sulfonamides is 1. The van der Waals surface area contributed by atoms with Gasteiger partial charge in [-0.15, -0.1) is 0 Å². The Labute approximate surface area is 145 Å². The molecular formula is C16H26N2O4S2. The van der Waals surface area contributed by atoms with Crippen LogP contribution in [0.25, 0.3) is 0 Å². The van der Waals surface area contributed by atoms with Crippen molar-refractivity contribution in [2.75, 3.05) is 38.7 Å². The third-order valence-corrected chi connectivity index (χ3v) is 8.16. The Kier molecular flexibility index (Phi) is 5.74. The van der Waals surface area contributed by atoms with Gasteiger partial charge in [-0.3, -0.25) is 0 Å². The van der Waals surface area contributed by atoms with E-state index in [0.29, 0.717) is 18.5 Å². The molecule has 8 heteroatoms. The van der Waals surface area contributed by atoms with Gasteiger partial charge in [0, 0.05) is 19.1 Å². The van der Waals surface area contributed by atoms with Gasteiger partial charge in [-0.25, -0.2) is 16.8 Å². The Balaban J connectivity index is 2.43. The van der Waals surface area contributed by atoms with E-state index < -0.39 is 25.9 Å². The molecular weight excluding hydrogens is 348 g/mol. The van der Waals surface area contributed by atoms with Gasteiger partial charge < -0.3 is 4.90 Å². The minimum atomic E-state index is -3.74. The van der Waals surface area contributed by atoms with Gasteiger partial charge in [-0.05, 0) is 51.6 Å². The van der Waals surface area contributed by atoms with E-state index in [4.69, 9.17) is 0 Å². The molecule has 0 N–H and O–H groups in total. The monoisotopic (exact) mass is 374 g/mol. The molecule has 1 fully saturated rings. The van der Waals surface area contributed by atoms with Crippen LogP contribution in [0.15, 0.2) is 23.1 Å². The van der Waals surface area contributed by atoms with E-state index in [2.05, 4.69) is 0 Å². The van der Waals surface area contributed by atoms with Crippen LogP contribution in [0.5, 0.6) is 0 Å². The summed E-state index contributed by atoms with van der Waals surface area (Å²) in [7, 11) is -3.16. The fourth-order valence-corrected chi connectivity index (χ4v) is 6.69. The van der Waals surface area contributed by atoms with E-state index in [-0.39, 0.29) is 22.9 Å². The SMILES string of the molecule is Cc1ccc(C)c(S(=O)(=O)N(CCN(C)C)[C@H]2CCS(=O)(=O)C2)c1. The molecule has 1 heterocycles. The predicted octanol–water partition coefficient (Wildman–Crippen LogP) is 1.04. The summed E-state index contributed by atoms with van der Waals surface area (Å²) in [5.74, 6) is -0.0387. The summed E-state index contributed by atoms with van der Waals surface area (Å²) < 4.78 is 51.5. The molecule has 24 heavy (non-hydrogen) atoms. The van der Waals surface area contributed by atoms with Crippen LogP contribution >= 0.6 is 0 Å². The van der Waals surface area contributed by atoms with Crippen LogP contribution in [-0.2, 0) is 19.9 Å². The van der Waals surface area contributed by atoms with Gasteiger partial charge in [0.2, 0.25) is 10.0 Å². The quantitative estimate of drug-likeness (QED) is 0.744. The first-order valence-corrected chi connectivity index (χ1v) is 11.2. The fraction of sp³-hybridized carbons (Fsp3) is 0.625. The highest BCUT2D eigenvalue weighted by atomic mass is 32.2. The number of benzene rings is 1. The smallest absolute Gasteiger partial charge is 0.243 e. The van der Waals surface area contributed by atoms with Gasteiger partial charge in [0.15, 0.2) is 9.84 Å². The van der Waals surface area contributed by atoms with E-state index >= 15 is 0 Å². The van der Waals surface area contributed by atoms with Gasteiger partial charge in [0.25, 0.3) is 0 Å². The molecule has 136 valence electrons. The van der Waals surface area contributed by atoms with Crippen LogP contribution in [-0.4, -0.2) is 70.8 Å². The Morgan fingerprint density at radius 2 is 1.83 bits per heavy atom. The van der Waals surface area contributed by atoms with Gasteiger partial charge in [-0.2, -0.15) is 4.31 Å². The highest BCUT2D eigenvalue weighted by molar-refractivity contribution is 7.92. The normalized spacial score (nSPS) is 20.8. The minimum absolute atomic E-state index is 0.0540. The lowest BCUT2D eigenvalue weighted by atomic mass is 10.2. The number of hydrogen-bond donors (Lipinski definition) is 0. The molecule has 1 aromatic rings. The maximum Gasteiger partial charge on any atom is 0.243 e. The number of sulfone groups is 1. The van der Waals surface area contributed by atoms with Crippen molar-refractivity contribution in [1.82, 2.24) is 9.21 Å². The van der Waals surface area contributed by atoms with Crippen molar-refractivity contribution in [3.8, 4) is 0 Å². The maximum atomic E-state index is 13.2. The molecule has 0 amide bonds.